The van der Waals surface area contributed by atoms with Crippen molar-refractivity contribution in [3.63, 3.8) is 0 Å². The molecule has 1 aromatic rings. The summed E-state index contributed by atoms with van der Waals surface area (Å²) < 4.78 is 27.1. The third kappa shape index (κ3) is 4.88. The molecule has 0 spiro atoms. The minimum atomic E-state index is -3.27. The van der Waals surface area contributed by atoms with Crippen LogP contribution in [-0.2, 0) is 16.6 Å². The Kier molecular flexibility index (Phi) is 6.63. The lowest BCUT2D eigenvalue weighted by molar-refractivity contribution is 0.566. The molecular formula is C11H19BrN4O3S. The molecular weight excluding hydrogens is 348 g/mol. The van der Waals surface area contributed by atoms with Crippen molar-refractivity contribution in [1.82, 2.24) is 14.5 Å². The van der Waals surface area contributed by atoms with Crippen LogP contribution in [0.2, 0.25) is 0 Å². The summed E-state index contributed by atoms with van der Waals surface area (Å²) in [7, 11) is -3.27. The fraction of sp³-hybridized carbons (Fsp3) is 0.636. The molecule has 0 aliphatic rings. The van der Waals surface area contributed by atoms with Crippen LogP contribution in [0.1, 0.15) is 20.3 Å². The molecule has 1 heterocycles. The Morgan fingerprint density at radius 2 is 2.10 bits per heavy atom. The topological polar surface area (TPSA) is 93.1 Å². The number of anilines is 1. The number of halogens is 1. The van der Waals surface area contributed by atoms with Crippen LogP contribution in [0, 0.1) is 0 Å². The number of hydrogen-bond donors (Lipinski definition) is 2. The number of sulfonamides is 1. The van der Waals surface area contributed by atoms with Crippen LogP contribution in [0.4, 0.5) is 5.69 Å². The summed E-state index contributed by atoms with van der Waals surface area (Å²) in [6.45, 7) is 4.79. The lowest BCUT2D eigenvalue weighted by atomic mass is 10.4. The van der Waals surface area contributed by atoms with Gasteiger partial charge in [-0.15, -0.1) is 0 Å². The molecule has 0 radical (unpaired) electrons. The average molecular weight is 367 g/mol. The first-order valence-electron chi connectivity index (χ1n) is 6.38. The first-order valence-corrected chi connectivity index (χ1v) is 8.82. The molecule has 1 rings (SSSR count). The highest BCUT2D eigenvalue weighted by Gasteiger charge is 2.11. The van der Waals surface area contributed by atoms with Crippen LogP contribution < -0.4 is 15.6 Å². The average Bonchev–Trinajstić information content (AvgIpc) is 2.37. The zero-order valence-corrected chi connectivity index (χ0v) is 13.9. The maximum atomic E-state index is 11.9. The second-order valence-electron chi connectivity index (χ2n) is 4.14. The van der Waals surface area contributed by atoms with Crippen LogP contribution in [0.15, 0.2) is 15.5 Å². The van der Waals surface area contributed by atoms with Crippen molar-refractivity contribution in [2.75, 3.05) is 24.2 Å². The van der Waals surface area contributed by atoms with E-state index in [1.165, 1.54) is 10.9 Å². The van der Waals surface area contributed by atoms with Gasteiger partial charge in [0.1, 0.15) is 4.47 Å². The lowest BCUT2D eigenvalue weighted by Gasteiger charge is -2.10. The Bertz CT molecular complexity index is 600. The van der Waals surface area contributed by atoms with Gasteiger partial charge in [-0.05, 0) is 22.4 Å². The number of nitrogens with zero attached hydrogens (tertiary/aromatic N) is 2. The lowest BCUT2D eigenvalue weighted by Crippen LogP contribution is -2.30. The zero-order chi connectivity index (χ0) is 15.2. The van der Waals surface area contributed by atoms with E-state index in [0.29, 0.717) is 23.2 Å². The molecule has 0 saturated carbocycles. The third-order valence-electron chi connectivity index (χ3n) is 2.47. The van der Waals surface area contributed by atoms with E-state index in [9.17, 15) is 13.2 Å². The van der Waals surface area contributed by atoms with E-state index in [-0.39, 0.29) is 17.9 Å². The Morgan fingerprint density at radius 1 is 1.40 bits per heavy atom. The Balaban J connectivity index is 2.71. The van der Waals surface area contributed by atoms with Crippen molar-refractivity contribution in [3.8, 4) is 0 Å². The molecule has 0 bridgehead atoms. The summed E-state index contributed by atoms with van der Waals surface area (Å²) >= 11 is 3.21. The van der Waals surface area contributed by atoms with Crippen molar-refractivity contribution < 1.29 is 8.42 Å². The van der Waals surface area contributed by atoms with Gasteiger partial charge >= 0.3 is 0 Å². The minimum Gasteiger partial charge on any atom is -0.382 e. The van der Waals surface area contributed by atoms with Gasteiger partial charge in [0.15, 0.2) is 0 Å². The zero-order valence-electron chi connectivity index (χ0n) is 11.5. The highest BCUT2D eigenvalue weighted by molar-refractivity contribution is 9.10. The van der Waals surface area contributed by atoms with Crippen LogP contribution in [-0.4, -0.2) is 37.0 Å². The molecule has 9 heteroatoms. The molecule has 2 N–H and O–H groups in total. The van der Waals surface area contributed by atoms with E-state index in [4.69, 9.17) is 0 Å². The number of hydrogen-bond acceptors (Lipinski definition) is 5. The first kappa shape index (κ1) is 17.1. The van der Waals surface area contributed by atoms with Crippen LogP contribution >= 0.6 is 15.9 Å². The predicted octanol–water partition coefficient (Wildman–Crippen LogP) is 0.767. The molecule has 114 valence electrons. The number of rotatable bonds is 8. The second kappa shape index (κ2) is 7.75. The molecule has 0 unspecified atom stereocenters. The Morgan fingerprint density at radius 3 is 2.70 bits per heavy atom. The maximum absolute atomic E-state index is 11.9. The highest BCUT2D eigenvalue weighted by Crippen LogP contribution is 2.15. The van der Waals surface area contributed by atoms with E-state index >= 15 is 0 Å². The van der Waals surface area contributed by atoms with Crippen molar-refractivity contribution in [2.45, 2.75) is 26.8 Å². The second-order valence-corrected chi connectivity index (χ2v) is 6.86. The molecule has 0 aliphatic heterocycles. The summed E-state index contributed by atoms with van der Waals surface area (Å²) in [4.78, 5) is 11.9. The normalized spacial score (nSPS) is 11.6. The summed E-state index contributed by atoms with van der Waals surface area (Å²) in [6, 6.07) is 0. The molecule has 0 atom stereocenters. The number of aryl methyl sites for hydroxylation is 1. The standard InChI is InChI=1S/C11H19BrN4O3S/c1-3-6-16-11(17)10(12)9(8-14-16)13-5-7-20(18,19)15-4-2/h8,13,15H,3-7H2,1-2H3. The predicted molar refractivity (Wildman–Crippen MR) is 82.4 cm³/mol. The smallest absolute Gasteiger partial charge is 0.283 e. The first-order chi connectivity index (χ1) is 9.41. The fourth-order valence-electron chi connectivity index (χ4n) is 1.57. The van der Waals surface area contributed by atoms with E-state index in [0.717, 1.165) is 6.42 Å². The minimum absolute atomic E-state index is 0.0642. The fourth-order valence-corrected chi connectivity index (χ4v) is 2.97. The van der Waals surface area contributed by atoms with E-state index in [2.05, 4.69) is 31.1 Å². The van der Waals surface area contributed by atoms with Crippen LogP contribution in [0.3, 0.4) is 0 Å². The van der Waals surface area contributed by atoms with Crippen LogP contribution in [0.25, 0.3) is 0 Å². The summed E-state index contributed by atoms with van der Waals surface area (Å²) in [6.07, 6.45) is 2.33. The molecule has 0 saturated heterocycles. The van der Waals surface area contributed by atoms with Crippen molar-refractivity contribution >= 4 is 31.6 Å². The van der Waals surface area contributed by atoms with E-state index in [1.54, 1.807) is 6.92 Å². The summed E-state index contributed by atoms with van der Waals surface area (Å²) in [5, 5.41) is 6.92. The van der Waals surface area contributed by atoms with Crippen molar-refractivity contribution in [1.29, 1.82) is 0 Å². The molecule has 20 heavy (non-hydrogen) atoms. The van der Waals surface area contributed by atoms with Gasteiger partial charge in [-0.3, -0.25) is 4.79 Å². The monoisotopic (exact) mass is 366 g/mol. The third-order valence-corrected chi connectivity index (χ3v) is 4.71. The van der Waals surface area contributed by atoms with Gasteiger partial charge in [-0.2, -0.15) is 5.10 Å². The van der Waals surface area contributed by atoms with E-state index in [1.807, 2.05) is 6.92 Å². The summed E-state index contributed by atoms with van der Waals surface area (Å²) in [5.41, 5.74) is 0.264. The molecule has 0 fully saturated rings. The Hall–Kier alpha value is -0.930. The van der Waals surface area contributed by atoms with Gasteiger partial charge in [0.2, 0.25) is 10.0 Å². The van der Waals surface area contributed by atoms with Gasteiger partial charge in [-0.1, -0.05) is 13.8 Å². The van der Waals surface area contributed by atoms with Crippen LogP contribution in [0.5, 0.6) is 0 Å². The Labute approximate surface area is 126 Å². The maximum Gasteiger partial charge on any atom is 0.283 e. The van der Waals surface area contributed by atoms with Crippen molar-refractivity contribution in [3.05, 3.63) is 21.0 Å². The SMILES string of the molecule is CCCn1ncc(NCCS(=O)(=O)NCC)c(Br)c1=O. The number of nitrogens with one attached hydrogen (secondary N) is 2. The number of aromatic nitrogens is 2. The van der Waals surface area contributed by atoms with Gasteiger partial charge in [0.25, 0.3) is 5.56 Å². The largest absolute Gasteiger partial charge is 0.382 e. The molecule has 0 aliphatic carbocycles. The molecule has 0 amide bonds. The quantitative estimate of drug-likeness (QED) is 0.708. The van der Waals surface area contributed by atoms with E-state index < -0.39 is 10.0 Å². The summed E-state index contributed by atoms with van der Waals surface area (Å²) in [5.74, 6) is -0.0642. The molecule has 7 nitrogen and oxygen atoms in total. The van der Waals surface area contributed by atoms with Gasteiger partial charge < -0.3 is 5.32 Å². The molecule has 0 aromatic carbocycles. The van der Waals surface area contributed by atoms with Crippen molar-refractivity contribution in [2.24, 2.45) is 0 Å². The van der Waals surface area contributed by atoms with Gasteiger partial charge in [0.05, 0.1) is 17.6 Å². The van der Waals surface area contributed by atoms with Gasteiger partial charge in [-0.25, -0.2) is 17.8 Å². The highest BCUT2D eigenvalue weighted by atomic mass is 79.9. The van der Waals surface area contributed by atoms with Gasteiger partial charge in [0, 0.05) is 19.6 Å². The molecule has 1 aromatic heterocycles.